The number of hydrogen-bond donors (Lipinski definition) is 3. The van der Waals surface area contributed by atoms with E-state index in [9.17, 15) is 14.4 Å². The SMILES string of the molecule is C[C@H](NC(=O)c1ccc(C(N)=S)cc1)C(=O)c1ccc(OCC(=O)O)cc1. The fourth-order valence-electron chi connectivity index (χ4n) is 2.24. The molecule has 27 heavy (non-hydrogen) atoms. The number of nitrogens with two attached hydrogens (primary N) is 1. The fourth-order valence-corrected chi connectivity index (χ4v) is 2.38. The van der Waals surface area contributed by atoms with Gasteiger partial charge in [0.15, 0.2) is 12.4 Å². The Labute approximate surface area is 161 Å². The van der Waals surface area contributed by atoms with Crippen LogP contribution in [0.2, 0.25) is 0 Å². The van der Waals surface area contributed by atoms with Gasteiger partial charge in [-0.1, -0.05) is 24.4 Å². The van der Waals surface area contributed by atoms with E-state index in [2.05, 4.69) is 5.32 Å². The maximum absolute atomic E-state index is 12.4. The van der Waals surface area contributed by atoms with E-state index in [1.165, 1.54) is 24.3 Å². The monoisotopic (exact) mass is 386 g/mol. The van der Waals surface area contributed by atoms with Gasteiger partial charge < -0.3 is 20.9 Å². The van der Waals surface area contributed by atoms with Crippen LogP contribution >= 0.6 is 12.2 Å². The molecule has 8 heteroatoms. The zero-order valence-corrected chi connectivity index (χ0v) is 15.3. The van der Waals surface area contributed by atoms with Crippen LogP contribution < -0.4 is 15.8 Å². The zero-order chi connectivity index (χ0) is 20.0. The molecule has 0 saturated heterocycles. The summed E-state index contributed by atoms with van der Waals surface area (Å²) in [7, 11) is 0. The van der Waals surface area contributed by atoms with Gasteiger partial charge in [0.25, 0.3) is 5.91 Å². The van der Waals surface area contributed by atoms with Gasteiger partial charge in [-0.05, 0) is 43.3 Å². The van der Waals surface area contributed by atoms with Gasteiger partial charge in [0.05, 0.1) is 6.04 Å². The lowest BCUT2D eigenvalue weighted by atomic mass is 10.0. The first kappa shape index (κ1) is 20.1. The highest BCUT2D eigenvalue weighted by molar-refractivity contribution is 7.80. The quantitative estimate of drug-likeness (QED) is 0.467. The number of benzene rings is 2. The first-order valence-corrected chi connectivity index (χ1v) is 8.38. The Morgan fingerprint density at radius 2 is 1.56 bits per heavy atom. The number of rotatable bonds is 8. The van der Waals surface area contributed by atoms with Crippen molar-refractivity contribution in [1.29, 1.82) is 0 Å². The van der Waals surface area contributed by atoms with Crippen molar-refractivity contribution in [2.45, 2.75) is 13.0 Å². The van der Waals surface area contributed by atoms with Crippen molar-refractivity contribution in [2.24, 2.45) is 5.73 Å². The Morgan fingerprint density at radius 3 is 2.07 bits per heavy atom. The smallest absolute Gasteiger partial charge is 0.341 e. The van der Waals surface area contributed by atoms with E-state index in [4.69, 9.17) is 27.8 Å². The van der Waals surface area contributed by atoms with Gasteiger partial charge >= 0.3 is 5.97 Å². The number of amides is 1. The number of hydrogen-bond acceptors (Lipinski definition) is 5. The fraction of sp³-hybridized carbons (Fsp3) is 0.158. The molecule has 0 aromatic heterocycles. The van der Waals surface area contributed by atoms with Crippen molar-refractivity contribution in [3.8, 4) is 5.75 Å². The van der Waals surface area contributed by atoms with E-state index in [-0.39, 0.29) is 10.8 Å². The number of ketones is 1. The predicted octanol–water partition coefficient (Wildman–Crippen LogP) is 1.79. The number of aliphatic carboxylic acids is 1. The Morgan fingerprint density at radius 1 is 1.04 bits per heavy atom. The summed E-state index contributed by atoms with van der Waals surface area (Å²) in [6, 6.07) is 11.7. The largest absolute Gasteiger partial charge is 0.482 e. The maximum Gasteiger partial charge on any atom is 0.341 e. The Kier molecular flexibility index (Phi) is 6.62. The number of carboxylic acids is 1. The molecule has 0 bridgehead atoms. The number of carboxylic acid groups (broad SMARTS) is 1. The van der Waals surface area contributed by atoms with Crippen molar-refractivity contribution in [3.05, 3.63) is 65.2 Å². The molecule has 0 fully saturated rings. The lowest BCUT2D eigenvalue weighted by Crippen LogP contribution is -2.38. The normalized spacial score (nSPS) is 11.3. The molecule has 1 atom stereocenters. The number of nitrogens with one attached hydrogen (secondary N) is 1. The second-order valence-corrected chi connectivity index (χ2v) is 6.15. The molecule has 2 aromatic carbocycles. The molecule has 0 heterocycles. The van der Waals surface area contributed by atoms with Gasteiger partial charge in [-0.25, -0.2) is 4.79 Å². The third kappa shape index (κ3) is 5.61. The Balaban J connectivity index is 1.98. The van der Waals surface area contributed by atoms with Crippen molar-refractivity contribution in [3.63, 3.8) is 0 Å². The summed E-state index contributed by atoms with van der Waals surface area (Å²) < 4.78 is 5.01. The van der Waals surface area contributed by atoms with E-state index in [1.54, 1.807) is 31.2 Å². The minimum atomic E-state index is -1.09. The summed E-state index contributed by atoms with van der Waals surface area (Å²) >= 11 is 4.86. The second kappa shape index (κ2) is 8.91. The lowest BCUT2D eigenvalue weighted by Gasteiger charge is -2.13. The molecule has 2 rings (SSSR count). The van der Waals surface area contributed by atoms with E-state index < -0.39 is 24.5 Å². The van der Waals surface area contributed by atoms with E-state index in [1.807, 2.05) is 0 Å². The van der Waals surface area contributed by atoms with Crippen LogP contribution in [0.25, 0.3) is 0 Å². The standard InChI is InChI=1S/C19H18N2O5S/c1-11(21-19(25)14-4-2-13(3-5-14)18(20)27)17(24)12-6-8-15(9-7-12)26-10-16(22)23/h2-9,11H,10H2,1H3,(H2,20,27)(H,21,25)(H,22,23)/t11-/m0/s1. The number of ether oxygens (including phenoxy) is 1. The van der Waals surface area contributed by atoms with Crippen LogP contribution in [0.3, 0.4) is 0 Å². The van der Waals surface area contributed by atoms with Crippen LogP contribution in [-0.2, 0) is 4.79 Å². The van der Waals surface area contributed by atoms with Crippen LogP contribution in [0.5, 0.6) is 5.75 Å². The number of carbonyl (C=O) groups excluding carboxylic acids is 2. The highest BCUT2D eigenvalue weighted by Gasteiger charge is 2.18. The summed E-state index contributed by atoms with van der Waals surface area (Å²) in [6.07, 6.45) is 0. The number of carbonyl (C=O) groups is 3. The molecular formula is C19H18N2O5S. The molecule has 0 aliphatic carbocycles. The topological polar surface area (TPSA) is 119 Å². The van der Waals surface area contributed by atoms with Crippen molar-refractivity contribution < 1.29 is 24.2 Å². The second-order valence-electron chi connectivity index (χ2n) is 5.71. The molecule has 7 nitrogen and oxygen atoms in total. The average molecular weight is 386 g/mol. The minimum Gasteiger partial charge on any atom is -0.482 e. The molecule has 0 radical (unpaired) electrons. The highest BCUT2D eigenvalue weighted by atomic mass is 32.1. The summed E-state index contributed by atoms with van der Waals surface area (Å²) in [5.74, 6) is -1.43. The molecule has 0 unspecified atom stereocenters. The van der Waals surface area contributed by atoms with Crippen molar-refractivity contribution >= 4 is 34.9 Å². The maximum atomic E-state index is 12.4. The Bertz CT molecular complexity index is 863. The molecule has 4 N–H and O–H groups in total. The summed E-state index contributed by atoms with van der Waals surface area (Å²) in [4.78, 5) is 35.4. The third-order valence-corrected chi connectivity index (χ3v) is 3.91. The molecule has 0 saturated carbocycles. The van der Waals surface area contributed by atoms with Gasteiger partial charge in [-0.3, -0.25) is 9.59 Å². The van der Waals surface area contributed by atoms with E-state index >= 15 is 0 Å². The van der Waals surface area contributed by atoms with Crippen LogP contribution in [-0.4, -0.2) is 40.4 Å². The lowest BCUT2D eigenvalue weighted by molar-refractivity contribution is -0.139. The Hall–Kier alpha value is -3.26. The van der Waals surface area contributed by atoms with Crippen LogP contribution in [0, 0.1) is 0 Å². The van der Waals surface area contributed by atoms with Gasteiger partial charge in [0.2, 0.25) is 0 Å². The van der Waals surface area contributed by atoms with Crippen LogP contribution in [0.15, 0.2) is 48.5 Å². The van der Waals surface area contributed by atoms with Crippen molar-refractivity contribution in [1.82, 2.24) is 5.32 Å². The molecule has 140 valence electrons. The minimum absolute atomic E-state index is 0.237. The van der Waals surface area contributed by atoms with Crippen molar-refractivity contribution in [2.75, 3.05) is 6.61 Å². The van der Waals surface area contributed by atoms with E-state index in [0.717, 1.165) is 0 Å². The molecule has 2 aromatic rings. The number of thiocarbonyl (C=S) groups is 1. The molecule has 0 spiro atoms. The van der Waals surface area contributed by atoms with Crippen LogP contribution in [0.4, 0.5) is 0 Å². The first-order chi connectivity index (χ1) is 12.8. The van der Waals surface area contributed by atoms with E-state index in [0.29, 0.717) is 22.4 Å². The zero-order valence-electron chi connectivity index (χ0n) is 14.5. The van der Waals surface area contributed by atoms with Crippen LogP contribution in [0.1, 0.15) is 33.2 Å². The average Bonchev–Trinajstić information content (AvgIpc) is 2.66. The summed E-state index contributed by atoms with van der Waals surface area (Å²) in [6.45, 7) is 1.12. The molecule has 0 aliphatic heterocycles. The first-order valence-electron chi connectivity index (χ1n) is 7.97. The third-order valence-electron chi connectivity index (χ3n) is 3.67. The van der Waals surface area contributed by atoms with Gasteiger partial charge in [-0.15, -0.1) is 0 Å². The van der Waals surface area contributed by atoms with Gasteiger partial charge in [-0.2, -0.15) is 0 Å². The summed E-state index contributed by atoms with van der Waals surface area (Å²) in [5, 5.41) is 11.2. The summed E-state index contributed by atoms with van der Waals surface area (Å²) in [5.41, 5.74) is 6.92. The highest BCUT2D eigenvalue weighted by Crippen LogP contribution is 2.14. The molecular weight excluding hydrogens is 368 g/mol. The molecule has 1 amide bonds. The van der Waals surface area contributed by atoms with Gasteiger partial charge in [0, 0.05) is 16.7 Å². The predicted molar refractivity (Wildman–Crippen MR) is 103 cm³/mol. The van der Waals surface area contributed by atoms with Gasteiger partial charge in [0.1, 0.15) is 10.7 Å². The number of Topliss-reactive ketones (excluding diaryl/α,β-unsaturated/α-hetero) is 1. The molecule has 0 aliphatic rings.